The SMILES string of the molecule is O[C@@H]1O[C@@H](CCl)C[C@@H]1O. The maximum atomic E-state index is 8.87. The Morgan fingerprint density at radius 3 is 2.44 bits per heavy atom. The van der Waals surface area contributed by atoms with Gasteiger partial charge < -0.3 is 14.9 Å². The van der Waals surface area contributed by atoms with Gasteiger partial charge in [0.1, 0.15) is 6.10 Å². The number of aliphatic hydroxyl groups is 2. The van der Waals surface area contributed by atoms with Gasteiger partial charge in [-0.05, 0) is 0 Å². The summed E-state index contributed by atoms with van der Waals surface area (Å²) in [7, 11) is 0. The molecule has 0 unspecified atom stereocenters. The monoisotopic (exact) mass is 152 g/mol. The molecule has 0 bridgehead atoms. The van der Waals surface area contributed by atoms with Crippen LogP contribution in [0, 0.1) is 0 Å². The summed E-state index contributed by atoms with van der Waals surface area (Å²) < 4.78 is 4.80. The van der Waals surface area contributed by atoms with Crippen molar-refractivity contribution in [1.29, 1.82) is 0 Å². The zero-order chi connectivity index (χ0) is 6.85. The maximum Gasteiger partial charge on any atom is 0.181 e. The van der Waals surface area contributed by atoms with Crippen LogP contribution in [0.1, 0.15) is 6.42 Å². The Hall–Kier alpha value is 0.170. The van der Waals surface area contributed by atoms with Gasteiger partial charge in [0.2, 0.25) is 0 Å². The average Bonchev–Trinajstić information content (AvgIpc) is 2.13. The summed E-state index contributed by atoms with van der Waals surface area (Å²) in [5, 5.41) is 17.6. The van der Waals surface area contributed by atoms with Crippen LogP contribution in [0.5, 0.6) is 0 Å². The van der Waals surface area contributed by atoms with E-state index in [2.05, 4.69) is 0 Å². The number of hydrogen-bond donors (Lipinski definition) is 2. The van der Waals surface area contributed by atoms with Crippen LogP contribution in [0.4, 0.5) is 0 Å². The van der Waals surface area contributed by atoms with Crippen molar-refractivity contribution < 1.29 is 14.9 Å². The molecule has 0 aromatic carbocycles. The second kappa shape index (κ2) is 2.84. The smallest absolute Gasteiger partial charge is 0.181 e. The van der Waals surface area contributed by atoms with Crippen LogP contribution in [-0.4, -0.2) is 34.6 Å². The van der Waals surface area contributed by atoms with E-state index in [1.54, 1.807) is 0 Å². The van der Waals surface area contributed by atoms with E-state index in [0.29, 0.717) is 12.3 Å². The quantitative estimate of drug-likeness (QED) is 0.507. The number of alkyl halides is 1. The molecule has 0 amide bonds. The number of ether oxygens (including phenoxy) is 1. The van der Waals surface area contributed by atoms with Gasteiger partial charge >= 0.3 is 0 Å². The average molecular weight is 153 g/mol. The van der Waals surface area contributed by atoms with Gasteiger partial charge in [0, 0.05) is 12.3 Å². The van der Waals surface area contributed by atoms with Gasteiger partial charge in [0.25, 0.3) is 0 Å². The Bertz CT molecular complexity index is 88.2. The van der Waals surface area contributed by atoms with E-state index in [1.807, 2.05) is 0 Å². The van der Waals surface area contributed by atoms with Gasteiger partial charge in [-0.15, -0.1) is 11.6 Å². The third kappa shape index (κ3) is 1.55. The molecule has 4 heteroatoms. The molecule has 1 heterocycles. The van der Waals surface area contributed by atoms with E-state index in [4.69, 9.17) is 26.6 Å². The van der Waals surface area contributed by atoms with Crippen molar-refractivity contribution in [1.82, 2.24) is 0 Å². The van der Waals surface area contributed by atoms with Gasteiger partial charge in [-0.3, -0.25) is 0 Å². The highest BCUT2D eigenvalue weighted by atomic mass is 35.5. The summed E-state index contributed by atoms with van der Waals surface area (Å²) in [5.41, 5.74) is 0. The van der Waals surface area contributed by atoms with Crippen molar-refractivity contribution in [2.75, 3.05) is 5.88 Å². The lowest BCUT2D eigenvalue weighted by Crippen LogP contribution is -2.19. The molecule has 0 aromatic heterocycles. The zero-order valence-corrected chi connectivity index (χ0v) is 5.58. The Morgan fingerprint density at radius 1 is 1.56 bits per heavy atom. The molecule has 1 fully saturated rings. The minimum Gasteiger partial charge on any atom is -0.388 e. The summed E-state index contributed by atoms with van der Waals surface area (Å²) in [6.07, 6.45) is -1.54. The van der Waals surface area contributed by atoms with Gasteiger partial charge in [-0.25, -0.2) is 0 Å². The summed E-state index contributed by atoms with van der Waals surface area (Å²) in [4.78, 5) is 0. The number of halogens is 1. The minimum atomic E-state index is -1.03. The Kier molecular flexibility index (Phi) is 2.29. The van der Waals surface area contributed by atoms with Crippen molar-refractivity contribution in [3.63, 3.8) is 0 Å². The fourth-order valence-corrected chi connectivity index (χ4v) is 1.03. The predicted octanol–water partition coefficient (Wildman–Crippen LogP) is -0.307. The lowest BCUT2D eigenvalue weighted by atomic mass is 10.2. The molecule has 0 radical (unpaired) electrons. The fraction of sp³-hybridized carbons (Fsp3) is 1.00. The largest absolute Gasteiger partial charge is 0.388 e. The first-order chi connectivity index (χ1) is 4.24. The van der Waals surface area contributed by atoms with E-state index < -0.39 is 12.4 Å². The molecule has 0 aromatic rings. The molecule has 54 valence electrons. The minimum absolute atomic E-state index is 0.184. The molecule has 3 atom stereocenters. The standard InChI is InChI=1S/C5H9ClO3/c6-2-3-1-4(7)5(8)9-3/h3-5,7-8H,1-2H2/t3-,4+,5-/m1/s1. The van der Waals surface area contributed by atoms with Crippen LogP contribution in [0.2, 0.25) is 0 Å². The highest BCUT2D eigenvalue weighted by Crippen LogP contribution is 2.18. The summed E-state index contributed by atoms with van der Waals surface area (Å²) in [6.45, 7) is 0. The Balaban J connectivity index is 2.35. The molecule has 0 saturated carbocycles. The molecule has 1 aliphatic rings. The molecule has 1 aliphatic heterocycles. The number of hydrogen-bond acceptors (Lipinski definition) is 3. The number of aliphatic hydroxyl groups excluding tert-OH is 2. The molecule has 9 heavy (non-hydrogen) atoms. The fourth-order valence-electron chi connectivity index (χ4n) is 0.829. The Labute approximate surface area is 58.2 Å². The van der Waals surface area contributed by atoms with E-state index in [9.17, 15) is 0 Å². The zero-order valence-electron chi connectivity index (χ0n) is 4.83. The van der Waals surface area contributed by atoms with E-state index >= 15 is 0 Å². The first-order valence-electron chi connectivity index (χ1n) is 2.81. The van der Waals surface area contributed by atoms with Gasteiger partial charge in [0.05, 0.1) is 6.10 Å². The second-order valence-electron chi connectivity index (χ2n) is 2.11. The van der Waals surface area contributed by atoms with Gasteiger partial charge in [-0.1, -0.05) is 0 Å². The van der Waals surface area contributed by atoms with Crippen molar-refractivity contribution >= 4 is 11.6 Å². The maximum absolute atomic E-state index is 8.87. The van der Waals surface area contributed by atoms with Crippen LogP contribution < -0.4 is 0 Å². The van der Waals surface area contributed by atoms with Crippen LogP contribution >= 0.6 is 11.6 Å². The second-order valence-corrected chi connectivity index (χ2v) is 2.41. The van der Waals surface area contributed by atoms with Crippen LogP contribution in [0.3, 0.4) is 0 Å². The summed E-state index contributed by atoms with van der Waals surface area (Å²) in [5.74, 6) is 0.328. The first kappa shape index (κ1) is 7.28. The highest BCUT2D eigenvalue weighted by Gasteiger charge is 2.31. The van der Waals surface area contributed by atoms with Gasteiger partial charge in [0.15, 0.2) is 6.29 Å². The van der Waals surface area contributed by atoms with Crippen LogP contribution in [0.25, 0.3) is 0 Å². The third-order valence-corrected chi connectivity index (χ3v) is 1.68. The van der Waals surface area contributed by atoms with Crippen molar-refractivity contribution in [2.24, 2.45) is 0 Å². The lowest BCUT2D eigenvalue weighted by molar-refractivity contribution is -0.123. The molecule has 2 N–H and O–H groups in total. The normalized spacial score (nSPS) is 43.7. The molecule has 0 aliphatic carbocycles. The molecule has 0 spiro atoms. The van der Waals surface area contributed by atoms with E-state index in [-0.39, 0.29) is 6.10 Å². The number of rotatable bonds is 1. The summed E-state index contributed by atoms with van der Waals surface area (Å²) >= 11 is 5.39. The van der Waals surface area contributed by atoms with Crippen LogP contribution in [-0.2, 0) is 4.74 Å². The molecule has 3 nitrogen and oxygen atoms in total. The lowest BCUT2D eigenvalue weighted by Gasteiger charge is -2.04. The third-order valence-electron chi connectivity index (χ3n) is 1.34. The van der Waals surface area contributed by atoms with Crippen LogP contribution in [0.15, 0.2) is 0 Å². The summed E-state index contributed by atoms with van der Waals surface area (Å²) in [6, 6.07) is 0. The van der Waals surface area contributed by atoms with E-state index in [1.165, 1.54) is 0 Å². The molecule has 1 saturated heterocycles. The highest BCUT2D eigenvalue weighted by molar-refractivity contribution is 6.18. The molecular formula is C5H9ClO3. The predicted molar refractivity (Wildman–Crippen MR) is 32.2 cm³/mol. The van der Waals surface area contributed by atoms with Crippen molar-refractivity contribution in [2.45, 2.75) is 24.9 Å². The Morgan fingerprint density at radius 2 is 2.22 bits per heavy atom. The molecule has 1 rings (SSSR count). The van der Waals surface area contributed by atoms with Crippen molar-refractivity contribution in [3.05, 3.63) is 0 Å². The van der Waals surface area contributed by atoms with Crippen molar-refractivity contribution in [3.8, 4) is 0 Å². The van der Waals surface area contributed by atoms with Gasteiger partial charge in [-0.2, -0.15) is 0 Å². The topological polar surface area (TPSA) is 49.7 Å². The molecular weight excluding hydrogens is 144 g/mol. The first-order valence-corrected chi connectivity index (χ1v) is 3.35. The van der Waals surface area contributed by atoms with E-state index in [0.717, 1.165) is 0 Å².